The molecule has 41 heteroatoms. The lowest BCUT2D eigenvalue weighted by molar-refractivity contribution is -0.149. The Labute approximate surface area is 731 Å². The van der Waals surface area contributed by atoms with Gasteiger partial charge in [0.1, 0.15) is 90.3 Å². The third kappa shape index (κ3) is 25.8. The summed E-state index contributed by atoms with van der Waals surface area (Å²) in [5.41, 5.74) is 19.9. The van der Waals surface area contributed by atoms with Crippen LogP contribution >= 0.6 is 11.8 Å². The first-order valence-corrected chi connectivity index (χ1v) is 43.2. The number of aromatic amines is 2. The number of hydrogen-bond acceptors (Lipinski definition) is 22. The van der Waals surface area contributed by atoms with Crippen molar-refractivity contribution >= 4 is 134 Å². The van der Waals surface area contributed by atoms with E-state index in [0.717, 1.165) is 36.3 Å². The summed E-state index contributed by atoms with van der Waals surface area (Å²) in [5.74, 6) is -17.3. The number of rotatable bonds is 15. The zero-order chi connectivity index (χ0) is 91.9. The van der Waals surface area contributed by atoms with Crippen LogP contribution in [0.3, 0.4) is 0 Å². The molecule has 4 aliphatic rings. The molecule has 3 saturated heterocycles. The topological polar surface area (TPSA) is 597 Å². The average molecular weight is 1770 g/mol. The fourth-order valence-electron chi connectivity index (χ4n) is 15.8. The molecule has 17 amide bonds. The molecule has 682 valence electrons. The molecule has 3 aromatic carbocycles. The van der Waals surface area contributed by atoms with E-state index in [9.17, 15) is 68.1 Å². The van der Waals surface area contributed by atoms with Crippen molar-refractivity contribution in [3.8, 4) is 5.75 Å². The second-order valence-corrected chi connectivity index (χ2v) is 33.7. The van der Waals surface area contributed by atoms with Crippen molar-refractivity contribution in [1.82, 2.24) is 87.6 Å². The minimum Gasteiger partial charge on any atom is -0.508 e. The Balaban J connectivity index is 1.06. The molecule has 0 aliphatic carbocycles. The third-order valence-corrected chi connectivity index (χ3v) is 23.9. The number of hydrogen-bond donors (Lipinski definition) is 18. The van der Waals surface area contributed by atoms with Crippen LogP contribution in [0.1, 0.15) is 115 Å². The van der Waals surface area contributed by atoms with Gasteiger partial charge in [0.2, 0.25) is 100 Å². The van der Waals surface area contributed by atoms with Crippen LogP contribution < -0.4 is 70.4 Å². The number of aliphatic hydroxyl groups excluding tert-OH is 2. The van der Waals surface area contributed by atoms with Crippen molar-refractivity contribution in [2.45, 2.75) is 208 Å². The molecule has 0 saturated carbocycles. The zero-order valence-corrected chi connectivity index (χ0v) is 72.3. The van der Waals surface area contributed by atoms with Crippen molar-refractivity contribution in [3.05, 3.63) is 114 Å². The van der Waals surface area contributed by atoms with Gasteiger partial charge in [-0.05, 0) is 119 Å². The summed E-state index contributed by atoms with van der Waals surface area (Å²) in [7, 11) is 3.92. The molecule has 2 bridgehead atoms. The number of nitrogens with zero attached hydrogens (tertiary/aromatic N) is 5. The number of H-pyrrole nitrogens is 2. The second kappa shape index (κ2) is 45.4. The van der Waals surface area contributed by atoms with Crippen molar-refractivity contribution < 1.29 is 96.8 Å². The van der Waals surface area contributed by atoms with Crippen LogP contribution in [-0.4, -0.2) is 306 Å². The number of phenols is 1. The maximum absolute atomic E-state index is 15.6. The Bertz CT molecular complexity index is 4850. The lowest BCUT2D eigenvalue weighted by atomic mass is 9.99. The quantitative estimate of drug-likeness (QED) is 0.0450. The van der Waals surface area contributed by atoms with Gasteiger partial charge in [-0.1, -0.05) is 74.5 Å². The molecule has 9 rings (SSSR count). The Morgan fingerprint density at radius 2 is 1.04 bits per heavy atom. The number of primary amides is 2. The number of thioether (sulfide) groups is 1. The van der Waals surface area contributed by atoms with E-state index >= 15 is 28.8 Å². The predicted molar refractivity (Wildman–Crippen MR) is 461 cm³/mol. The molecule has 40 nitrogen and oxygen atoms in total. The van der Waals surface area contributed by atoms with E-state index in [2.05, 4.69) is 63.1 Å². The SMILES string of the molecule is CC(C)C[C@@H]1NC(=O)[C@H](CN)NC(=O)[C@@H]2CCCN2C(=O)[C@H](CC(N)=O)NC(=O)[C@H](C)N(C)C(=O)[C@H](Cc2ccc(O)cc2)NC(=O)CSC[C@H](C(=O)NCC(N)=O)NC(=O)[C@@H](C)NC(=O)[C@H]2CCC/C=C\CCC[C@@H](C(=O)N2C)N(C)C(=O)[C@H](Cc2c[nH]c3ccccc23)NC(=O)[C@H](CO)NC(=O)[C@@H](Cc2c[nH]c3ccccc23)NC(=O)[C@@H]2C[C@@H](O)CN2C1=O. The summed E-state index contributed by atoms with van der Waals surface area (Å²) < 4.78 is 0. The smallest absolute Gasteiger partial charge is 0.246 e. The number of nitrogens with two attached hydrogens (primary N) is 3. The van der Waals surface area contributed by atoms with Crippen LogP contribution in [0.25, 0.3) is 21.8 Å². The van der Waals surface area contributed by atoms with Crippen LogP contribution in [0.2, 0.25) is 0 Å². The molecule has 126 heavy (non-hydrogen) atoms. The van der Waals surface area contributed by atoms with Gasteiger partial charge in [0, 0.05) is 106 Å². The monoisotopic (exact) mass is 1770 g/mol. The number of carbonyl (C=O) groups is 17. The number of carbonyl (C=O) groups excluding carboxylic acids is 17. The first-order valence-electron chi connectivity index (χ1n) is 42.0. The van der Waals surface area contributed by atoms with Crippen molar-refractivity contribution in [3.63, 3.8) is 0 Å². The number of benzene rings is 3. The fraction of sp³-hybridized carbons (Fsp3) is 0.518. The third-order valence-electron chi connectivity index (χ3n) is 22.9. The minimum absolute atomic E-state index is 0.00688. The van der Waals surface area contributed by atoms with Gasteiger partial charge in [0.15, 0.2) is 0 Å². The molecular formula is C85H116N20O20S. The van der Waals surface area contributed by atoms with Gasteiger partial charge >= 0.3 is 0 Å². The molecule has 15 atom stereocenters. The van der Waals surface area contributed by atoms with Crippen LogP contribution in [-0.2, 0) is 101 Å². The van der Waals surface area contributed by atoms with Crippen molar-refractivity contribution in [2.24, 2.45) is 23.1 Å². The number of phenolic OH excluding ortho intramolecular Hbond substituents is 1. The number of amides is 17. The summed E-state index contributed by atoms with van der Waals surface area (Å²) >= 11 is 0.781. The van der Waals surface area contributed by atoms with Gasteiger partial charge in [-0.25, -0.2) is 0 Å². The molecule has 0 spiro atoms. The summed E-state index contributed by atoms with van der Waals surface area (Å²) in [5, 5.41) is 59.8. The van der Waals surface area contributed by atoms with E-state index in [-0.39, 0.29) is 76.0 Å². The van der Waals surface area contributed by atoms with E-state index in [1.54, 1.807) is 74.8 Å². The number of nitrogens with one attached hydrogen (secondary N) is 12. The van der Waals surface area contributed by atoms with E-state index in [0.29, 0.717) is 64.2 Å². The van der Waals surface area contributed by atoms with Crippen LogP contribution in [0, 0.1) is 5.92 Å². The maximum Gasteiger partial charge on any atom is 0.246 e. The summed E-state index contributed by atoms with van der Waals surface area (Å²) in [6.45, 7) is 3.11. The van der Waals surface area contributed by atoms with Gasteiger partial charge in [-0.2, -0.15) is 0 Å². The summed E-state index contributed by atoms with van der Waals surface area (Å²) in [6, 6.07) is -1.79. The number of allylic oxidation sites excluding steroid dienone is 2. The van der Waals surface area contributed by atoms with Crippen molar-refractivity contribution in [2.75, 3.05) is 65.4 Å². The molecule has 21 N–H and O–H groups in total. The second-order valence-electron chi connectivity index (χ2n) is 32.7. The van der Waals surface area contributed by atoms with Gasteiger partial charge < -0.3 is 120 Å². The first kappa shape index (κ1) is 97.3. The highest BCUT2D eigenvalue weighted by Crippen LogP contribution is 2.28. The molecule has 2 aromatic heterocycles. The lowest BCUT2D eigenvalue weighted by Gasteiger charge is -2.36. The Morgan fingerprint density at radius 1 is 0.524 bits per heavy atom. The molecular weight excluding hydrogens is 1650 g/mol. The van der Waals surface area contributed by atoms with Crippen molar-refractivity contribution in [1.29, 1.82) is 0 Å². The van der Waals surface area contributed by atoms with E-state index in [1.807, 2.05) is 12.2 Å². The number of para-hydroxylation sites is 2. The van der Waals surface area contributed by atoms with E-state index < -0.39 is 235 Å². The summed E-state index contributed by atoms with van der Waals surface area (Å²) in [6.07, 6.45) is 5.41. The molecule has 3 fully saturated rings. The zero-order valence-electron chi connectivity index (χ0n) is 71.5. The van der Waals surface area contributed by atoms with Gasteiger partial charge in [-0.3, -0.25) is 81.5 Å². The number of aliphatic hydroxyl groups is 2. The Kier molecular flexibility index (Phi) is 35.1. The molecule has 6 heterocycles. The summed E-state index contributed by atoms with van der Waals surface area (Å²) in [4.78, 5) is 257. The van der Waals surface area contributed by atoms with Gasteiger partial charge in [0.05, 0.1) is 31.4 Å². The standard InChI is InChI=1S/C85H116N20O20S/c1-45(2)31-58-84(124)105-41-52(108)35-68(105)80(120)94-57(33-49-38-89-55-21-16-14-19-53(49)55)75(115)99-63(42-106)77(117)97-60(34-50-39-90-56-22-17-15-20-54(50)56)82(122)103(7)67-24-13-11-9-8-10-12-23-65(102(6)85(67)125)78(118)92-46(3)72(112)100-64(74(114)91-40-70(88)110)43-126-44-71(111)93-59(32-48-26-28-51(107)29-27-48)81(121)101(5)47(4)73(113)95-61(36-69(87)109)83(123)104-30-18-25-66(104)79(119)98-62(37-86)76(116)96-58/h8-9,14-17,19-22,26-29,38-39,45-47,52,57-68,89-90,106-108H,10-13,18,23-25,30-37,40-44,86H2,1-7H3,(H2,87,109)(H2,88,110)(H,91,114)(H,92,118)(H,93,111)(H,94,120)(H,95,113)(H,96,116)(H,97,117)(H,98,119)(H,99,115)(H,100,112)/b9-8-/t46-,47+,52-,57-,58+,59+,60+,61+,62+,63+,64-,65-,66+,67+,68+/m1/s1. The molecule has 0 radical (unpaired) electrons. The number of fused-ring (bicyclic) bond motifs is 7. The van der Waals surface area contributed by atoms with Crippen LogP contribution in [0.15, 0.2) is 97.3 Å². The molecule has 5 aromatic rings. The molecule has 4 aliphatic heterocycles. The van der Waals surface area contributed by atoms with Crippen LogP contribution in [0.4, 0.5) is 0 Å². The number of aromatic nitrogens is 2. The largest absolute Gasteiger partial charge is 0.508 e. The highest BCUT2D eigenvalue weighted by molar-refractivity contribution is 8.00. The Morgan fingerprint density at radius 3 is 1.65 bits per heavy atom. The Hall–Kier alpha value is -12.5. The van der Waals surface area contributed by atoms with Gasteiger partial charge in [0.25, 0.3) is 0 Å². The first-order chi connectivity index (χ1) is 60.0. The van der Waals surface area contributed by atoms with Crippen LogP contribution in [0.5, 0.6) is 5.75 Å². The highest BCUT2D eigenvalue weighted by Gasteiger charge is 2.46. The van der Waals surface area contributed by atoms with E-state index in [4.69, 9.17) is 17.2 Å². The number of aromatic hydroxyl groups is 1. The minimum atomic E-state index is -1.87. The average Bonchev–Trinajstić information content (AvgIpc) is 1.28. The van der Waals surface area contributed by atoms with Gasteiger partial charge in [-0.15, -0.1) is 11.8 Å². The van der Waals surface area contributed by atoms with E-state index in [1.165, 1.54) is 59.3 Å². The number of likely N-dealkylation sites (N-methyl/N-ethyl adjacent to an activating group) is 3. The predicted octanol–water partition coefficient (Wildman–Crippen LogP) is -3.65. The molecule has 0 unspecified atom stereocenters. The lowest BCUT2D eigenvalue weighted by Crippen LogP contribution is -2.62. The highest BCUT2D eigenvalue weighted by atomic mass is 32.2. The normalized spacial score (nSPS) is 26.8. The maximum atomic E-state index is 15.6. The fourth-order valence-corrected chi connectivity index (χ4v) is 16.7.